The highest BCUT2D eigenvalue weighted by Gasteiger charge is 2.33. The fraction of sp³-hybridized carbons (Fsp3) is 0.0435. The molecular formula is C23H14Br2FNO2S2. The van der Waals surface area contributed by atoms with E-state index in [1.165, 1.54) is 22.7 Å². The van der Waals surface area contributed by atoms with Crippen molar-refractivity contribution in [1.29, 1.82) is 0 Å². The van der Waals surface area contributed by atoms with Crippen LogP contribution in [0.3, 0.4) is 0 Å². The smallest absolute Gasteiger partial charge is 0.270 e. The first-order valence-corrected chi connectivity index (χ1v) is 11.9. The first kappa shape index (κ1) is 22.2. The van der Waals surface area contributed by atoms with Crippen molar-refractivity contribution in [3.63, 3.8) is 0 Å². The maximum Gasteiger partial charge on any atom is 0.270 e. The molecule has 156 valence electrons. The van der Waals surface area contributed by atoms with Crippen molar-refractivity contribution in [1.82, 2.24) is 0 Å². The van der Waals surface area contributed by atoms with Crippen LogP contribution in [0.1, 0.15) is 11.1 Å². The number of thiocarbonyl (C=S) groups is 1. The van der Waals surface area contributed by atoms with Crippen LogP contribution in [0.25, 0.3) is 6.08 Å². The number of thioether (sulfide) groups is 1. The van der Waals surface area contributed by atoms with Gasteiger partial charge in [-0.2, -0.15) is 0 Å². The molecule has 0 spiro atoms. The molecule has 1 saturated heterocycles. The van der Waals surface area contributed by atoms with E-state index in [2.05, 4.69) is 31.9 Å². The van der Waals surface area contributed by atoms with Gasteiger partial charge in [0.25, 0.3) is 5.91 Å². The van der Waals surface area contributed by atoms with E-state index in [0.29, 0.717) is 29.5 Å². The van der Waals surface area contributed by atoms with Crippen LogP contribution in [-0.4, -0.2) is 10.2 Å². The van der Waals surface area contributed by atoms with Crippen LogP contribution in [0.2, 0.25) is 0 Å². The van der Waals surface area contributed by atoms with Crippen molar-refractivity contribution >= 4 is 77.8 Å². The highest BCUT2D eigenvalue weighted by atomic mass is 79.9. The molecule has 1 aliphatic rings. The molecule has 4 rings (SSSR count). The number of benzene rings is 3. The zero-order valence-electron chi connectivity index (χ0n) is 15.8. The van der Waals surface area contributed by atoms with Crippen LogP contribution in [0.5, 0.6) is 5.75 Å². The van der Waals surface area contributed by atoms with E-state index in [0.717, 1.165) is 11.3 Å². The first-order valence-electron chi connectivity index (χ1n) is 9.12. The van der Waals surface area contributed by atoms with Crippen molar-refractivity contribution in [2.75, 3.05) is 4.90 Å². The summed E-state index contributed by atoms with van der Waals surface area (Å²) < 4.78 is 21.5. The van der Waals surface area contributed by atoms with Gasteiger partial charge in [0.2, 0.25) is 0 Å². The zero-order valence-corrected chi connectivity index (χ0v) is 20.7. The Hall–Kier alpha value is -2.00. The van der Waals surface area contributed by atoms with Crippen LogP contribution >= 0.6 is 55.8 Å². The molecule has 0 bridgehead atoms. The first-order chi connectivity index (χ1) is 14.9. The molecular weight excluding hydrogens is 565 g/mol. The molecule has 3 nitrogen and oxygen atoms in total. The van der Waals surface area contributed by atoms with Crippen molar-refractivity contribution in [3.8, 4) is 5.75 Å². The number of carbonyl (C=O) groups is 1. The monoisotopic (exact) mass is 577 g/mol. The Labute approximate surface area is 205 Å². The van der Waals surface area contributed by atoms with Crippen molar-refractivity contribution < 1.29 is 13.9 Å². The van der Waals surface area contributed by atoms with Gasteiger partial charge in [-0.05, 0) is 73.8 Å². The molecule has 3 aromatic carbocycles. The summed E-state index contributed by atoms with van der Waals surface area (Å²) in [7, 11) is 0. The number of nitrogens with zero attached hydrogens (tertiary/aromatic N) is 1. The van der Waals surface area contributed by atoms with Gasteiger partial charge in [-0.1, -0.05) is 60.4 Å². The third kappa shape index (κ3) is 4.92. The number of ether oxygens (including phenoxy) is 1. The fourth-order valence-electron chi connectivity index (χ4n) is 2.98. The van der Waals surface area contributed by atoms with Gasteiger partial charge >= 0.3 is 0 Å². The maximum atomic E-state index is 13.8. The van der Waals surface area contributed by atoms with E-state index in [1.54, 1.807) is 24.3 Å². The molecule has 0 saturated carbocycles. The lowest BCUT2D eigenvalue weighted by molar-refractivity contribution is -0.113. The maximum absolute atomic E-state index is 13.8. The van der Waals surface area contributed by atoms with Crippen LogP contribution in [0, 0.1) is 5.82 Å². The SMILES string of the molecule is O=C1/C(=C\c2cc(Br)c(OCc3ccccc3F)c(Br)c2)SC(=S)N1c1ccccc1. The molecule has 0 atom stereocenters. The standard InChI is InChI=1S/C23H14Br2FNO2S2/c24-17-10-14(11-18(25)21(17)29-13-15-6-4-5-9-19(15)26)12-20-22(28)27(23(30)31-20)16-7-2-1-3-8-16/h1-12H,13H2/b20-12+. The molecule has 1 amide bonds. The van der Waals surface area contributed by atoms with E-state index in [1.807, 2.05) is 42.5 Å². The number of halogens is 3. The molecule has 0 N–H and O–H groups in total. The van der Waals surface area contributed by atoms with Gasteiger partial charge < -0.3 is 4.74 Å². The number of amides is 1. The molecule has 1 aliphatic heterocycles. The average molecular weight is 579 g/mol. The molecule has 0 unspecified atom stereocenters. The van der Waals surface area contributed by atoms with Crippen LogP contribution in [0.4, 0.5) is 10.1 Å². The number of anilines is 1. The van der Waals surface area contributed by atoms with Crippen LogP contribution < -0.4 is 9.64 Å². The van der Waals surface area contributed by atoms with Crippen molar-refractivity contribution in [2.24, 2.45) is 0 Å². The molecule has 1 heterocycles. The minimum atomic E-state index is -0.313. The summed E-state index contributed by atoms with van der Waals surface area (Å²) in [5.74, 6) is 0.0809. The van der Waals surface area contributed by atoms with Gasteiger partial charge in [0.05, 0.1) is 19.5 Å². The topological polar surface area (TPSA) is 29.5 Å². The Kier molecular flexibility index (Phi) is 6.91. The molecule has 1 fully saturated rings. The largest absolute Gasteiger partial charge is 0.486 e. The summed E-state index contributed by atoms with van der Waals surface area (Å²) in [4.78, 5) is 15.0. The van der Waals surface area contributed by atoms with E-state index in [9.17, 15) is 9.18 Å². The Bertz CT molecular complexity index is 1180. The predicted molar refractivity (Wildman–Crippen MR) is 135 cm³/mol. The van der Waals surface area contributed by atoms with Gasteiger partial charge in [0, 0.05) is 5.56 Å². The lowest BCUT2D eigenvalue weighted by Crippen LogP contribution is -2.27. The number of para-hydroxylation sites is 1. The zero-order chi connectivity index (χ0) is 22.0. The van der Waals surface area contributed by atoms with Gasteiger partial charge in [0.15, 0.2) is 4.32 Å². The third-order valence-corrected chi connectivity index (χ3v) is 6.94. The minimum Gasteiger partial charge on any atom is -0.486 e. The lowest BCUT2D eigenvalue weighted by atomic mass is 10.2. The highest BCUT2D eigenvalue weighted by Crippen LogP contribution is 2.39. The summed E-state index contributed by atoms with van der Waals surface area (Å²) in [6.07, 6.45) is 1.79. The number of hydrogen-bond acceptors (Lipinski definition) is 4. The number of carbonyl (C=O) groups excluding carboxylic acids is 1. The minimum absolute atomic E-state index is 0.0962. The molecule has 0 radical (unpaired) electrons. The Morgan fingerprint density at radius 3 is 2.35 bits per heavy atom. The number of hydrogen-bond donors (Lipinski definition) is 0. The summed E-state index contributed by atoms with van der Waals surface area (Å²) in [5, 5.41) is 0. The Morgan fingerprint density at radius 1 is 1.03 bits per heavy atom. The Balaban J connectivity index is 1.56. The normalized spacial score (nSPS) is 15.1. The fourth-order valence-corrected chi connectivity index (χ4v) is 5.73. The van der Waals surface area contributed by atoms with Crippen molar-refractivity contribution in [3.05, 3.63) is 97.5 Å². The summed E-state index contributed by atoms with van der Waals surface area (Å²) in [6.45, 7) is 0.0962. The third-order valence-electron chi connectivity index (χ3n) is 4.46. The van der Waals surface area contributed by atoms with Gasteiger partial charge in [-0.3, -0.25) is 9.69 Å². The average Bonchev–Trinajstić information content (AvgIpc) is 3.02. The summed E-state index contributed by atoms with van der Waals surface area (Å²) in [5.41, 5.74) is 2.01. The summed E-state index contributed by atoms with van der Waals surface area (Å²) >= 11 is 13.7. The van der Waals surface area contributed by atoms with E-state index in [4.69, 9.17) is 17.0 Å². The second-order valence-corrected chi connectivity index (χ2v) is 9.93. The highest BCUT2D eigenvalue weighted by molar-refractivity contribution is 9.11. The van der Waals surface area contributed by atoms with E-state index >= 15 is 0 Å². The molecule has 0 aromatic heterocycles. The predicted octanol–water partition coefficient (Wildman–Crippen LogP) is 7.34. The molecule has 31 heavy (non-hydrogen) atoms. The van der Waals surface area contributed by atoms with E-state index in [-0.39, 0.29) is 18.3 Å². The second kappa shape index (κ2) is 9.65. The van der Waals surface area contributed by atoms with Crippen molar-refractivity contribution in [2.45, 2.75) is 6.61 Å². The second-order valence-electron chi connectivity index (χ2n) is 6.55. The molecule has 0 aliphatic carbocycles. The number of rotatable bonds is 5. The van der Waals surface area contributed by atoms with Gasteiger partial charge in [-0.15, -0.1) is 0 Å². The molecule has 3 aromatic rings. The van der Waals surface area contributed by atoms with Crippen LogP contribution in [0.15, 0.2) is 80.6 Å². The lowest BCUT2D eigenvalue weighted by Gasteiger charge is -2.14. The van der Waals surface area contributed by atoms with Gasteiger partial charge in [-0.25, -0.2) is 4.39 Å². The summed E-state index contributed by atoms with van der Waals surface area (Å²) in [6, 6.07) is 19.5. The molecule has 8 heteroatoms. The van der Waals surface area contributed by atoms with Gasteiger partial charge in [0.1, 0.15) is 18.2 Å². The van der Waals surface area contributed by atoms with E-state index < -0.39 is 0 Å². The quantitative estimate of drug-likeness (QED) is 0.234. The Morgan fingerprint density at radius 2 is 1.68 bits per heavy atom. The van der Waals surface area contributed by atoms with Crippen LogP contribution in [-0.2, 0) is 11.4 Å².